The molecule has 0 heterocycles. The van der Waals surface area contributed by atoms with Crippen LogP contribution in [0.4, 0.5) is 0 Å². The SMILES string of the molecule is N[SiH2][SiH2]N. The molecule has 4 N–H and O–H groups in total. The fourth-order valence-electron chi connectivity index (χ4n) is 0. The van der Waals surface area contributed by atoms with E-state index in [1.165, 1.54) is 0 Å². The number of rotatable bonds is 1. The first-order chi connectivity index (χ1) is 1.91. The Balaban J connectivity index is 1.97. The summed E-state index contributed by atoms with van der Waals surface area (Å²) in [5, 5.41) is 10.2. The standard InChI is InChI=1S/H8N2Si2/c1-3-4-2/h1-4H2. The molecule has 0 spiro atoms. The van der Waals surface area contributed by atoms with Gasteiger partial charge in [0.05, 0.1) is 18.4 Å². The zero-order valence-electron chi connectivity index (χ0n) is 2.57. The van der Waals surface area contributed by atoms with Crippen LogP contribution < -0.4 is 10.8 Å². The smallest absolute Gasteiger partial charge is 0.0902 e. The second-order valence-electron chi connectivity index (χ2n) is 0.577. The number of hydrogen-bond donors (Lipinski definition) is 2. The summed E-state index contributed by atoms with van der Waals surface area (Å²) in [6.07, 6.45) is 0. The van der Waals surface area contributed by atoms with Gasteiger partial charge < -0.3 is 10.8 Å². The molecule has 0 aliphatic carbocycles. The van der Waals surface area contributed by atoms with Gasteiger partial charge in [0.25, 0.3) is 0 Å². The zero-order valence-corrected chi connectivity index (χ0v) is 5.40. The Morgan fingerprint density at radius 1 is 1.00 bits per heavy atom. The summed E-state index contributed by atoms with van der Waals surface area (Å²) in [6.45, 7) is 0. The van der Waals surface area contributed by atoms with Crippen molar-refractivity contribution in [3.8, 4) is 0 Å². The lowest BCUT2D eigenvalue weighted by Gasteiger charge is -1.67. The summed E-state index contributed by atoms with van der Waals surface area (Å²) in [5.41, 5.74) is 0. The maximum Gasteiger partial charge on any atom is 0.0902 e. The van der Waals surface area contributed by atoms with E-state index in [1.807, 2.05) is 0 Å². The fraction of sp³-hybridized carbons (Fsp3) is 0. The second kappa shape index (κ2) is 3.35. The minimum atomic E-state index is -0.159. The molecule has 0 aliphatic rings. The summed E-state index contributed by atoms with van der Waals surface area (Å²) in [6, 6.07) is 0. The predicted octanol–water partition coefficient (Wildman–Crippen LogP) is -3.01. The first-order valence-electron chi connectivity index (χ1n) is 1.32. The molecule has 4 heavy (non-hydrogen) atoms. The van der Waals surface area contributed by atoms with Gasteiger partial charge >= 0.3 is 0 Å². The van der Waals surface area contributed by atoms with Crippen molar-refractivity contribution in [1.29, 1.82) is 0 Å². The summed E-state index contributed by atoms with van der Waals surface area (Å²) in [4.78, 5) is 0. The highest BCUT2D eigenvalue weighted by Gasteiger charge is 1.60. The van der Waals surface area contributed by atoms with Crippen molar-refractivity contribution in [2.24, 2.45) is 10.8 Å². The largest absolute Gasteiger partial charge is 0.357 e. The molecule has 26 valence electrons. The average Bonchev–Trinajstić information content (AvgIpc) is 1.37. The lowest BCUT2D eigenvalue weighted by Crippen LogP contribution is -2.22. The van der Waals surface area contributed by atoms with Crippen LogP contribution in [0.2, 0.25) is 0 Å². The fourth-order valence-corrected chi connectivity index (χ4v) is 0. The first-order valence-corrected chi connectivity index (χ1v) is 6.95. The van der Waals surface area contributed by atoms with E-state index in [9.17, 15) is 0 Å². The normalized spacial score (nSPS) is 13.5. The van der Waals surface area contributed by atoms with Gasteiger partial charge in [0.2, 0.25) is 0 Å². The predicted molar refractivity (Wildman–Crippen MR) is 25.5 cm³/mol. The molecule has 0 unspecified atom stereocenters. The maximum atomic E-state index is 5.10. The van der Waals surface area contributed by atoms with Crippen LogP contribution in [-0.2, 0) is 0 Å². The van der Waals surface area contributed by atoms with E-state index in [-0.39, 0.29) is 18.4 Å². The molecule has 0 saturated heterocycles. The van der Waals surface area contributed by atoms with Crippen molar-refractivity contribution in [2.75, 3.05) is 0 Å². The van der Waals surface area contributed by atoms with E-state index in [4.69, 9.17) is 10.8 Å². The van der Waals surface area contributed by atoms with Crippen LogP contribution in [0.15, 0.2) is 0 Å². The van der Waals surface area contributed by atoms with E-state index in [1.54, 1.807) is 0 Å². The quantitative estimate of drug-likeness (QED) is 0.338. The van der Waals surface area contributed by atoms with Gasteiger partial charge in [0.1, 0.15) is 0 Å². The molecular weight excluding hydrogens is 84.2 g/mol. The molecule has 0 bridgehead atoms. The lowest BCUT2D eigenvalue weighted by molar-refractivity contribution is 1.91. The molecule has 2 nitrogen and oxygen atoms in total. The number of hydrogen-bond acceptors (Lipinski definition) is 2. The summed E-state index contributed by atoms with van der Waals surface area (Å²) >= 11 is 0. The first kappa shape index (κ1) is 4.35. The van der Waals surface area contributed by atoms with Crippen molar-refractivity contribution in [1.82, 2.24) is 0 Å². The van der Waals surface area contributed by atoms with Crippen molar-refractivity contribution < 1.29 is 0 Å². The van der Waals surface area contributed by atoms with Gasteiger partial charge in [-0.3, -0.25) is 0 Å². The third-order valence-corrected chi connectivity index (χ3v) is 1.50. The van der Waals surface area contributed by atoms with Crippen molar-refractivity contribution in [3.05, 3.63) is 0 Å². The van der Waals surface area contributed by atoms with E-state index in [2.05, 4.69) is 0 Å². The van der Waals surface area contributed by atoms with Gasteiger partial charge in [-0.1, -0.05) is 0 Å². The van der Waals surface area contributed by atoms with Crippen LogP contribution in [-0.4, -0.2) is 18.4 Å². The van der Waals surface area contributed by atoms with Gasteiger partial charge in [-0.15, -0.1) is 0 Å². The highest BCUT2D eigenvalue weighted by Crippen LogP contribution is 1.09. The van der Waals surface area contributed by atoms with E-state index in [0.29, 0.717) is 0 Å². The van der Waals surface area contributed by atoms with Gasteiger partial charge in [0.15, 0.2) is 0 Å². The molecular formula is H8N2Si2. The average molecular weight is 92.2 g/mol. The monoisotopic (exact) mass is 92.0 g/mol. The minimum absolute atomic E-state index is 0.159. The van der Waals surface area contributed by atoms with Crippen LogP contribution >= 0.6 is 0 Å². The molecule has 0 amide bonds. The molecule has 0 aliphatic heterocycles. The zero-order chi connectivity index (χ0) is 3.41. The molecule has 0 aromatic carbocycles. The molecule has 0 aromatic heterocycles. The van der Waals surface area contributed by atoms with Gasteiger partial charge in [-0.2, -0.15) is 0 Å². The van der Waals surface area contributed by atoms with Crippen molar-refractivity contribution in [3.63, 3.8) is 0 Å². The van der Waals surface area contributed by atoms with Crippen LogP contribution in [0.25, 0.3) is 0 Å². The molecule has 0 saturated carbocycles. The van der Waals surface area contributed by atoms with Gasteiger partial charge in [0, 0.05) is 0 Å². The highest BCUT2D eigenvalue weighted by atomic mass is 29.2. The van der Waals surface area contributed by atoms with E-state index in [0.717, 1.165) is 0 Å². The molecule has 0 atom stereocenters. The Labute approximate surface area is 30.2 Å². The third-order valence-electron chi connectivity index (χ3n) is 0.167. The molecule has 0 aromatic rings. The van der Waals surface area contributed by atoms with Gasteiger partial charge in [-0.25, -0.2) is 0 Å². The molecule has 4 heteroatoms. The molecule has 0 fully saturated rings. The topological polar surface area (TPSA) is 52.0 Å². The molecule has 0 rings (SSSR count). The van der Waals surface area contributed by atoms with Crippen LogP contribution in [0.3, 0.4) is 0 Å². The molecule has 0 radical (unpaired) electrons. The second-order valence-corrected chi connectivity index (χ2v) is 5.20. The Hall–Kier alpha value is 0.354. The van der Waals surface area contributed by atoms with Gasteiger partial charge in [-0.05, 0) is 0 Å². The Bertz CT molecular complexity index is 6.00. The Morgan fingerprint density at radius 2 is 1.25 bits per heavy atom. The summed E-state index contributed by atoms with van der Waals surface area (Å²) < 4.78 is 0. The van der Waals surface area contributed by atoms with Crippen molar-refractivity contribution in [2.45, 2.75) is 0 Å². The lowest BCUT2D eigenvalue weighted by atomic mass is 13.9. The minimum Gasteiger partial charge on any atom is -0.357 e. The van der Waals surface area contributed by atoms with E-state index < -0.39 is 0 Å². The Morgan fingerprint density at radius 3 is 1.25 bits per heavy atom. The number of nitrogens with two attached hydrogens (primary N) is 2. The third kappa shape index (κ3) is 2.35. The highest BCUT2D eigenvalue weighted by molar-refractivity contribution is 6.97. The van der Waals surface area contributed by atoms with Crippen molar-refractivity contribution >= 4 is 18.4 Å². The summed E-state index contributed by atoms with van der Waals surface area (Å²) in [7, 11) is -0.318. The van der Waals surface area contributed by atoms with Crippen LogP contribution in [0.1, 0.15) is 0 Å². The Kier molecular flexibility index (Phi) is 3.65. The maximum absolute atomic E-state index is 5.10. The van der Waals surface area contributed by atoms with Crippen LogP contribution in [0.5, 0.6) is 0 Å². The van der Waals surface area contributed by atoms with E-state index >= 15 is 0 Å². The van der Waals surface area contributed by atoms with Crippen LogP contribution in [0, 0.1) is 0 Å². The summed E-state index contributed by atoms with van der Waals surface area (Å²) in [5.74, 6) is 0.